The van der Waals surface area contributed by atoms with Crippen LogP contribution in [-0.2, 0) is 11.0 Å². The molecule has 1 aromatic rings. The smallest absolute Gasteiger partial charge is 0.352 e. The van der Waals surface area contributed by atoms with Crippen LogP contribution in [0.5, 0.6) is 0 Å². The lowest BCUT2D eigenvalue weighted by atomic mass is 10.0. The van der Waals surface area contributed by atoms with Gasteiger partial charge < -0.3 is 16.0 Å². The van der Waals surface area contributed by atoms with Crippen molar-refractivity contribution in [3.05, 3.63) is 35.4 Å². The number of amides is 2. The highest BCUT2D eigenvalue weighted by molar-refractivity contribution is 5.97. The van der Waals surface area contributed by atoms with Crippen LogP contribution in [0.2, 0.25) is 0 Å². The fourth-order valence-electron chi connectivity index (χ4n) is 2.73. The third-order valence-electron chi connectivity index (χ3n) is 3.88. The van der Waals surface area contributed by atoms with Crippen LogP contribution in [0.1, 0.15) is 35.7 Å². The van der Waals surface area contributed by atoms with Crippen LogP contribution in [0.3, 0.4) is 0 Å². The van der Waals surface area contributed by atoms with E-state index in [1.807, 2.05) is 6.92 Å². The molecule has 1 aliphatic heterocycles. The molecule has 0 aromatic heterocycles. The van der Waals surface area contributed by atoms with Gasteiger partial charge in [-0.25, -0.2) is 0 Å². The molecule has 3 N–H and O–H groups in total. The van der Waals surface area contributed by atoms with E-state index >= 15 is 0 Å². The summed E-state index contributed by atoms with van der Waals surface area (Å²) in [5, 5.41) is 8.28. The van der Waals surface area contributed by atoms with E-state index in [2.05, 4.69) is 16.0 Å². The summed E-state index contributed by atoms with van der Waals surface area (Å²) in [5.41, 5.74) is -1.51. The Labute approximate surface area is 150 Å². The predicted octanol–water partition coefficient (Wildman–Crippen LogP) is 2.11. The number of benzene rings is 1. The maximum Gasteiger partial charge on any atom is 0.417 e. The van der Waals surface area contributed by atoms with Crippen molar-refractivity contribution in [3.63, 3.8) is 0 Å². The molecule has 1 heterocycles. The zero-order chi connectivity index (χ0) is 17.7. The minimum absolute atomic E-state index is 0. The standard InChI is InChI=1S/C16H20F3N3O2.ClH/c1-10-8-11(6-7-20-10)22-14(23)9-21-15(24)12-4-2-3-5-13(12)16(17,18)19;/h2-5,10-11,20H,6-9H2,1H3,(H,21,24)(H,22,23);1H. The molecule has 2 atom stereocenters. The number of alkyl halides is 3. The Morgan fingerprint density at radius 1 is 1.28 bits per heavy atom. The van der Waals surface area contributed by atoms with Crippen LogP contribution in [0.4, 0.5) is 13.2 Å². The fraction of sp³-hybridized carbons (Fsp3) is 0.500. The highest BCUT2D eigenvalue weighted by Crippen LogP contribution is 2.31. The van der Waals surface area contributed by atoms with Gasteiger partial charge in [-0.1, -0.05) is 12.1 Å². The van der Waals surface area contributed by atoms with E-state index in [9.17, 15) is 22.8 Å². The molecule has 1 aliphatic rings. The van der Waals surface area contributed by atoms with E-state index in [-0.39, 0.29) is 31.0 Å². The van der Waals surface area contributed by atoms with E-state index in [0.717, 1.165) is 31.5 Å². The number of carbonyl (C=O) groups is 2. The first-order valence-electron chi connectivity index (χ1n) is 7.74. The van der Waals surface area contributed by atoms with Gasteiger partial charge in [0.2, 0.25) is 5.91 Å². The SMILES string of the molecule is CC1CC(NC(=O)CNC(=O)c2ccccc2C(F)(F)F)CCN1.Cl. The minimum Gasteiger partial charge on any atom is -0.352 e. The van der Waals surface area contributed by atoms with Crippen LogP contribution in [0.25, 0.3) is 0 Å². The number of hydrogen-bond acceptors (Lipinski definition) is 3. The van der Waals surface area contributed by atoms with Crippen LogP contribution < -0.4 is 16.0 Å². The molecule has 5 nitrogen and oxygen atoms in total. The largest absolute Gasteiger partial charge is 0.417 e. The average molecular weight is 380 g/mol. The lowest BCUT2D eigenvalue weighted by Gasteiger charge is -2.28. The molecule has 9 heteroatoms. The Morgan fingerprint density at radius 3 is 2.60 bits per heavy atom. The molecular formula is C16H21ClF3N3O2. The van der Waals surface area contributed by atoms with Crippen molar-refractivity contribution < 1.29 is 22.8 Å². The van der Waals surface area contributed by atoms with E-state index in [4.69, 9.17) is 0 Å². The first kappa shape index (κ1) is 21.2. The van der Waals surface area contributed by atoms with E-state index in [1.165, 1.54) is 12.1 Å². The highest BCUT2D eigenvalue weighted by atomic mass is 35.5. The van der Waals surface area contributed by atoms with Gasteiger partial charge in [0.05, 0.1) is 17.7 Å². The number of carbonyl (C=O) groups excluding carboxylic acids is 2. The number of hydrogen-bond donors (Lipinski definition) is 3. The van der Waals surface area contributed by atoms with Crippen LogP contribution in [0.15, 0.2) is 24.3 Å². The second-order valence-electron chi connectivity index (χ2n) is 5.87. The topological polar surface area (TPSA) is 70.2 Å². The first-order chi connectivity index (χ1) is 11.3. The molecule has 0 bridgehead atoms. The average Bonchev–Trinajstić information content (AvgIpc) is 2.52. The van der Waals surface area contributed by atoms with Crippen molar-refractivity contribution in [2.24, 2.45) is 0 Å². The summed E-state index contributed by atoms with van der Waals surface area (Å²) in [4.78, 5) is 23.8. The zero-order valence-corrected chi connectivity index (χ0v) is 14.5. The highest BCUT2D eigenvalue weighted by Gasteiger charge is 2.34. The zero-order valence-electron chi connectivity index (χ0n) is 13.7. The third-order valence-corrected chi connectivity index (χ3v) is 3.88. The molecule has 25 heavy (non-hydrogen) atoms. The van der Waals surface area contributed by atoms with Crippen molar-refractivity contribution in [1.29, 1.82) is 0 Å². The molecular weight excluding hydrogens is 359 g/mol. The van der Waals surface area contributed by atoms with E-state index < -0.39 is 29.1 Å². The number of nitrogens with one attached hydrogen (secondary N) is 3. The summed E-state index contributed by atoms with van der Waals surface area (Å²) in [6, 6.07) is 4.78. The van der Waals surface area contributed by atoms with Gasteiger partial charge in [-0.15, -0.1) is 12.4 Å². The van der Waals surface area contributed by atoms with Crippen molar-refractivity contribution in [3.8, 4) is 0 Å². The molecule has 1 aromatic carbocycles. The maximum absolute atomic E-state index is 12.9. The minimum atomic E-state index is -4.62. The first-order valence-corrected chi connectivity index (χ1v) is 7.74. The lowest BCUT2D eigenvalue weighted by Crippen LogP contribution is -2.49. The summed E-state index contributed by atoms with van der Waals surface area (Å²) >= 11 is 0. The monoisotopic (exact) mass is 379 g/mol. The van der Waals surface area contributed by atoms with Gasteiger partial charge in [0.1, 0.15) is 0 Å². The second kappa shape index (κ2) is 9.05. The van der Waals surface area contributed by atoms with Crippen molar-refractivity contribution in [1.82, 2.24) is 16.0 Å². The molecule has 0 spiro atoms. The van der Waals surface area contributed by atoms with E-state index in [0.29, 0.717) is 0 Å². The predicted molar refractivity (Wildman–Crippen MR) is 89.7 cm³/mol. The van der Waals surface area contributed by atoms with Gasteiger partial charge in [0, 0.05) is 12.1 Å². The molecule has 1 saturated heterocycles. The second-order valence-corrected chi connectivity index (χ2v) is 5.87. The summed E-state index contributed by atoms with van der Waals surface area (Å²) < 4.78 is 38.7. The van der Waals surface area contributed by atoms with Gasteiger partial charge in [0.25, 0.3) is 5.91 Å². The number of piperidine rings is 1. The fourth-order valence-corrected chi connectivity index (χ4v) is 2.73. The Balaban J connectivity index is 0.00000312. The molecule has 2 rings (SSSR count). The van der Waals surface area contributed by atoms with Gasteiger partial charge in [-0.05, 0) is 38.4 Å². The van der Waals surface area contributed by atoms with Gasteiger partial charge in [-0.3, -0.25) is 9.59 Å². The third kappa shape index (κ3) is 6.21. The molecule has 0 saturated carbocycles. The molecule has 140 valence electrons. The number of rotatable bonds is 4. The van der Waals surface area contributed by atoms with Crippen molar-refractivity contribution in [2.45, 2.75) is 38.0 Å². The Bertz CT molecular complexity index is 611. The molecule has 0 radical (unpaired) electrons. The summed E-state index contributed by atoms with van der Waals surface area (Å²) in [7, 11) is 0. The van der Waals surface area contributed by atoms with E-state index in [1.54, 1.807) is 0 Å². The summed E-state index contributed by atoms with van der Waals surface area (Å²) in [6.45, 7) is 2.44. The molecule has 2 amide bonds. The normalized spacial score (nSPS) is 20.3. The van der Waals surface area contributed by atoms with Gasteiger partial charge in [-0.2, -0.15) is 13.2 Å². The van der Waals surface area contributed by atoms with Crippen LogP contribution >= 0.6 is 12.4 Å². The summed E-state index contributed by atoms with van der Waals surface area (Å²) in [6.07, 6.45) is -3.07. The Morgan fingerprint density at radius 2 is 1.96 bits per heavy atom. The quantitative estimate of drug-likeness (QED) is 0.750. The van der Waals surface area contributed by atoms with Crippen molar-refractivity contribution in [2.75, 3.05) is 13.1 Å². The lowest BCUT2D eigenvalue weighted by molar-refractivity contribution is -0.137. The molecule has 0 aliphatic carbocycles. The number of halogens is 4. The Kier molecular flexibility index (Phi) is 7.69. The Hall–Kier alpha value is -1.80. The van der Waals surface area contributed by atoms with Gasteiger partial charge in [0.15, 0.2) is 0 Å². The van der Waals surface area contributed by atoms with Crippen LogP contribution in [-0.4, -0.2) is 37.0 Å². The van der Waals surface area contributed by atoms with Crippen molar-refractivity contribution >= 4 is 24.2 Å². The molecule has 1 fully saturated rings. The maximum atomic E-state index is 12.9. The van der Waals surface area contributed by atoms with Gasteiger partial charge >= 0.3 is 6.18 Å². The summed E-state index contributed by atoms with van der Waals surface area (Å²) in [5.74, 6) is -1.33. The van der Waals surface area contributed by atoms with Crippen LogP contribution in [0, 0.1) is 0 Å². The molecule has 2 unspecified atom stereocenters.